The van der Waals surface area contributed by atoms with E-state index in [0.29, 0.717) is 27.8 Å². The predicted octanol–water partition coefficient (Wildman–Crippen LogP) is 4.41. The molecule has 0 unspecified atom stereocenters. The molecule has 3 nitrogen and oxygen atoms in total. The van der Waals surface area contributed by atoms with Crippen LogP contribution in [0.2, 0.25) is 5.15 Å². The Balaban J connectivity index is 2.72. The summed E-state index contributed by atoms with van der Waals surface area (Å²) in [5.41, 5.74) is 1.71. The summed E-state index contributed by atoms with van der Waals surface area (Å²) in [6.07, 6.45) is 0. The van der Waals surface area contributed by atoms with Crippen molar-refractivity contribution in [3.8, 4) is 17.3 Å². The minimum Gasteiger partial charge on any atom is -0.232 e. The van der Waals surface area contributed by atoms with Crippen molar-refractivity contribution in [2.45, 2.75) is 33.1 Å². The van der Waals surface area contributed by atoms with Gasteiger partial charge in [-0.3, -0.25) is 0 Å². The maximum absolute atomic E-state index is 13.6. The standard InChI is InChI=1S/C16H15ClFN3/c1-9-13(11-5-10(8-19)6-12(18)7-11)20-15(16(2,3)4)21-14(9)17/h5-7H,1-4H3. The van der Waals surface area contributed by atoms with Gasteiger partial charge in [-0.1, -0.05) is 32.4 Å². The average Bonchev–Trinajstić information content (AvgIpc) is 2.39. The molecule has 21 heavy (non-hydrogen) atoms. The number of nitriles is 1. The molecular weight excluding hydrogens is 289 g/mol. The molecule has 1 heterocycles. The van der Waals surface area contributed by atoms with Crippen LogP contribution in [0.3, 0.4) is 0 Å². The van der Waals surface area contributed by atoms with Gasteiger partial charge in [-0.2, -0.15) is 5.26 Å². The molecule has 2 rings (SSSR count). The van der Waals surface area contributed by atoms with Gasteiger partial charge in [-0.25, -0.2) is 14.4 Å². The van der Waals surface area contributed by atoms with Gasteiger partial charge in [-0.15, -0.1) is 0 Å². The summed E-state index contributed by atoms with van der Waals surface area (Å²) in [7, 11) is 0. The Morgan fingerprint density at radius 1 is 1.19 bits per heavy atom. The van der Waals surface area contributed by atoms with E-state index in [1.807, 2.05) is 26.8 Å². The largest absolute Gasteiger partial charge is 0.232 e. The SMILES string of the molecule is Cc1c(Cl)nc(C(C)(C)C)nc1-c1cc(F)cc(C#N)c1. The van der Waals surface area contributed by atoms with Gasteiger partial charge in [0.1, 0.15) is 16.8 Å². The van der Waals surface area contributed by atoms with Gasteiger partial charge < -0.3 is 0 Å². The average molecular weight is 304 g/mol. The zero-order valence-corrected chi connectivity index (χ0v) is 13.1. The summed E-state index contributed by atoms with van der Waals surface area (Å²) in [5, 5.41) is 9.31. The van der Waals surface area contributed by atoms with Gasteiger partial charge >= 0.3 is 0 Å². The molecule has 0 aliphatic heterocycles. The Kier molecular flexibility index (Phi) is 3.97. The summed E-state index contributed by atoms with van der Waals surface area (Å²) >= 11 is 6.18. The van der Waals surface area contributed by atoms with Crippen LogP contribution in [0, 0.1) is 24.1 Å². The van der Waals surface area contributed by atoms with Crippen molar-refractivity contribution in [3.05, 3.63) is 46.1 Å². The van der Waals surface area contributed by atoms with Crippen molar-refractivity contribution in [2.24, 2.45) is 0 Å². The van der Waals surface area contributed by atoms with Crippen LogP contribution in [0.1, 0.15) is 37.7 Å². The predicted molar refractivity (Wildman–Crippen MR) is 80.6 cm³/mol. The third-order valence-corrected chi connectivity index (χ3v) is 3.43. The minimum atomic E-state index is -0.476. The van der Waals surface area contributed by atoms with Crippen molar-refractivity contribution >= 4 is 11.6 Å². The molecule has 0 spiro atoms. The maximum atomic E-state index is 13.6. The molecule has 0 aliphatic carbocycles. The molecule has 1 aromatic heterocycles. The zero-order chi connectivity index (χ0) is 15.8. The quantitative estimate of drug-likeness (QED) is 0.733. The van der Waals surface area contributed by atoms with Crippen LogP contribution >= 0.6 is 11.6 Å². The fourth-order valence-electron chi connectivity index (χ4n) is 1.90. The lowest BCUT2D eigenvalue weighted by Gasteiger charge is -2.19. The van der Waals surface area contributed by atoms with Crippen molar-refractivity contribution in [3.63, 3.8) is 0 Å². The second kappa shape index (κ2) is 5.42. The van der Waals surface area contributed by atoms with Gasteiger partial charge in [0, 0.05) is 16.5 Å². The van der Waals surface area contributed by atoms with Crippen LogP contribution < -0.4 is 0 Å². The van der Waals surface area contributed by atoms with Crippen molar-refractivity contribution < 1.29 is 4.39 Å². The molecule has 0 atom stereocenters. The molecule has 0 saturated carbocycles. The molecule has 0 radical (unpaired) electrons. The number of hydrogen-bond donors (Lipinski definition) is 0. The van der Waals surface area contributed by atoms with Crippen molar-refractivity contribution in [2.75, 3.05) is 0 Å². The fraction of sp³-hybridized carbons (Fsp3) is 0.312. The van der Waals surface area contributed by atoms with Crippen molar-refractivity contribution in [1.29, 1.82) is 5.26 Å². The number of hydrogen-bond acceptors (Lipinski definition) is 3. The van der Waals surface area contributed by atoms with Crippen LogP contribution in [0.25, 0.3) is 11.3 Å². The Morgan fingerprint density at radius 3 is 2.43 bits per heavy atom. The Morgan fingerprint density at radius 2 is 1.86 bits per heavy atom. The van der Waals surface area contributed by atoms with Gasteiger partial charge in [-0.05, 0) is 25.1 Å². The molecule has 1 aromatic carbocycles. The summed E-state index contributed by atoms with van der Waals surface area (Å²) in [6, 6.07) is 6.07. The van der Waals surface area contributed by atoms with E-state index < -0.39 is 5.82 Å². The minimum absolute atomic E-state index is 0.247. The van der Waals surface area contributed by atoms with E-state index in [4.69, 9.17) is 16.9 Å². The first-order valence-corrected chi connectivity index (χ1v) is 6.86. The van der Waals surface area contributed by atoms with E-state index in [9.17, 15) is 4.39 Å². The van der Waals surface area contributed by atoms with Gasteiger partial charge in [0.15, 0.2) is 0 Å². The molecule has 5 heteroatoms. The molecule has 0 aliphatic rings. The van der Waals surface area contributed by atoms with E-state index in [-0.39, 0.29) is 11.0 Å². The summed E-state index contributed by atoms with van der Waals surface area (Å²) in [4.78, 5) is 8.81. The summed E-state index contributed by atoms with van der Waals surface area (Å²) in [6.45, 7) is 7.71. The summed E-state index contributed by atoms with van der Waals surface area (Å²) in [5.74, 6) is 0.103. The first-order chi connectivity index (χ1) is 9.72. The number of benzene rings is 1. The molecule has 0 N–H and O–H groups in total. The molecular formula is C16H15ClFN3. The highest BCUT2D eigenvalue weighted by atomic mass is 35.5. The monoisotopic (exact) mass is 303 g/mol. The number of aromatic nitrogens is 2. The van der Waals surface area contributed by atoms with Crippen LogP contribution in [0.5, 0.6) is 0 Å². The Bertz CT molecular complexity index is 742. The Labute approximate surface area is 128 Å². The van der Waals surface area contributed by atoms with E-state index in [0.717, 1.165) is 0 Å². The number of nitrogens with zero attached hydrogens (tertiary/aromatic N) is 3. The van der Waals surface area contributed by atoms with E-state index in [1.54, 1.807) is 13.0 Å². The molecule has 2 aromatic rings. The topological polar surface area (TPSA) is 49.6 Å². The number of rotatable bonds is 1. The second-order valence-corrected chi connectivity index (χ2v) is 6.26. The normalized spacial score (nSPS) is 11.3. The highest BCUT2D eigenvalue weighted by Gasteiger charge is 2.21. The van der Waals surface area contributed by atoms with E-state index in [1.165, 1.54) is 12.1 Å². The third kappa shape index (κ3) is 3.20. The van der Waals surface area contributed by atoms with Crippen molar-refractivity contribution in [1.82, 2.24) is 9.97 Å². The second-order valence-electron chi connectivity index (χ2n) is 5.90. The highest BCUT2D eigenvalue weighted by molar-refractivity contribution is 6.30. The van der Waals surface area contributed by atoms with Gasteiger partial charge in [0.05, 0.1) is 17.3 Å². The maximum Gasteiger partial charge on any atom is 0.136 e. The van der Waals surface area contributed by atoms with Gasteiger partial charge in [0.2, 0.25) is 0 Å². The lowest BCUT2D eigenvalue weighted by Crippen LogP contribution is -2.17. The Hall–Kier alpha value is -1.99. The fourth-order valence-corrected chi connectivity index (χ4v) is 2.07. The lowest BCUT2D eigenvalue weighted by atomic mass is 9.95. The molecule has 0 saturated heterocycles. The zero-order valence-electron chi connectivity index (χ0n) is 12.3. The third-order valence-electron chi connectivity index (χ3n) is 3.06. The first kappa shape index (κ1) is 15.4. The molecule has 0 bridgehead atoms. The van der Waals surface area contributed by atoms with E-state index >= 15 is 0 Å². The number of halogens is 2. The van der Waals surface area contributed by atoms with Crippen LogP contribution in [0.4, 0.5) is 4.39 Å². The van der Waals surface area contributed by atoms with Crippen LogP contribution in [0.15, 0.2) is 18.2 Å². The molecule has 0 amide bonds. The molecule has 108 valence electrons. The lowest BCUT2D eigenvalue weighted by molar-refractivity contribution is 0.545. The smallest absolute Gasteiger partial charge is 0.136 e. The molecule has 0 fully saturated rings. The van der Waals surface area contributed by atoms with Gasteiger partial charge in [0.25, 0.3) is 0 Å². The summed E-state index contributed by atoms with van der Waals surface area (Å²) < 4.78 is 13.6. The van der Waals surface area contributed by atoms with Crippen LogP contribution in [-0.4, -0.2) is 9.97 Å². The van der Waals surface area contributed by atoms with Crippen LogP contribution in [-0.2, 0) is 5.41 Å². The highest BCUT2D eigenvalue weighted by Crippen LogP contribution is 2.30. The first-order valence-electron chi connectivity index (χ1n) is 6.48. The van der Waals surface area contributed by atoms with E-state index in [2.05, 4.69) is 9.97 Å².